The third kappa shape index (κ3) is 2.43. The summed E-state index contributed by atoms with van der Waals surface area (Å²) in [6.45, 7) is 7.95. The summed E-state index contributed by atoms with van der Waals surface area (Å²) >= 11 is 0. The fourth-order valence-electron chi connectivity index (χ4n) is 2.18. The van der Waals surface area contributed by atoms with Gasteiger partial charge < -0.3 is 23.4 Å². The lowest BCUT2D eigenvalue weighted by atomic mass is 10.3. The highest BCUT2D eigenvalue weighted by molar-refractivity contribution is 5.11. The van der Waals surface area contributed by atoms with Crippen LogP contribution in [0, 0.1) is 0 Å². The molecule has 5 nitrogen and oxygen atoms in total. The second-order valence-electron chi connectivity index (χ2n) is 5.27. The fourth-order valence-corrected chi connectivity index (χ4v) is 2.18. The van der Waals surface area contributed by atoms with Gasteiger partial charge in [0.1, 0.15) is 0 Å². The zero-order valence-electron chi connectivity index (χ0n) is 11.7. The van der Waals surface area contributed by atoms with E-state index in [0.29, 0.717) is 11.5 Å². The van der Waals surface area contributed by atoms with Crippen molar-refractivity contribution in [3.63, 3.8) is 0 Å². The normalized spacial score (nSPS) is 42.9. The number of ether oxygens (including phenoxy) is 4. The third-order valence-electron chi connectivity index (χ3n) is 3.79. The van der Waals surface area contributed by atoms with Crippen LogP contribution in [0.5, 0.6) is 0 Å². The van der Waals surface area contributed by atoms with Gasteiger partial charge in [-0.3, -0.25) is 0 Å². The quantitative estimate of drug-likeness (QED) is 0.825. The van der Waals surface area contributed by atoms with Crippen molar-refractivity contribution in [1.82, 2.24) is 0 Å². The minimum absolute atomic E-state index is 0.0672. The summed E-state index contributed by atoms with van der Waals surface area (Å²) in [5, 5.41) is 0. The van der Waals surface area contributed by atoms with Crippen LogP contribution in [-0.2, 0) is 18.9 Å². The predicted octanol–water partition coefficient (Wildman–Crippen LogP) is 2.92. The van der Waals surface area contributed by atoms with E-state index in [1.807, 2.05) is 39.8 Å². The number of hydrogen-bond donors (Lipinski definition) is 0. The molecule has 0 amide bonds. The van der Waals surface area contributed by atoms with E-state index in [2.05, 4.69) is 0 Å². The van der Waals surface area contributed by atoms with E-state index in [1.54, 1.807) is 0 Å². The Kier molecular flexibility index (Phi) is 3.39. The largest absolute Gasteiger partial charge is 0.455 e. The van der Waals surface area contributed by atoms with Gasteiger partial charge in [-0.15, -0.1) is 0 Å². The molecule has 0 N–H and O–H groups in total. The van der Waals surface area contributed by atoms with Crippen molar-refractivity contribution in [2.45, 2.75) is 64.7 Å². The molecule has 0 radical (unpaired) electrons. The smallest absolute Gasteiger partial charge is 0.217 e. The van der Waals surface area contributed by atoms with Gasteiger partial charge in [0.05, 0.1) is 24.4 Å². The molecule has 4 unspecified atom stereocenters. The molecule has 3 heterocycles. The molecule has 4 atom stereocenters. The first-order valence-corrected chi connectivity index (χ1v) is 6.76. The van der Waals surface area contributed by atoms with Crippen LogP contribution in [0.15, 0.2) is 16.5 Å². The lowest BCUT2D eigenvalue weighted by Crippen LogP contribution is -2.13. The molecule has 19 heavy (non-hydrogen) atoms. The number of rotatable bonds is 2. The SMILES string of the molecule is CC1OC(c2ccc(C3OC(C)C(C)O3)o2)OC1C. The van der Waals surface area contributed by atoms with Crippen molar-refractivity contribution in [3.8, 4) is 0 Å². The molecule has 0 bridgehead atoms. The zero-order valence-corrected chi connectivity index (χ0v) is 11.7. The van der Waals surface area contributed by atoms with Gasteiger partial charge in [0.2, 0.25) is 12.6 Å². The van der Waals surface area contributed by atoms with E-state index in [9.17, 15) is 0 Å². The zero-order chi connectivity index (χ0) is 13.6. The topological polar surface area (TPSA) is 50.1 Å². The molecule has 1 aromatic heterocycles. The molecule has 2 fully saturated rings. The monoisotopic (exact) mass is 268 g/mol. The standard InChI is InChI=1S/C14H20O5/c1-7-8(2)16-13(15-7)11-5-6-12(19-11)14-17-9(3)10(4)18-14/h5-10,13-14H,1-4H3. The molecule has 2 aliphatic rings. The molecule has 2 aliphatic heterocycles. The highest BCUT2D eigenvalue weighted by Gasteiger charge is 2.36. The Hall–Kier alpha value is -0.880. The maximum Gasteiger partial charge on any atom is 0.217 e. The molecule has 1 aromatic rings. The molecule has 0 aliphatic carbocycles. The molecule has 0 saturated carbocycles. The van der Waals surface area contributed by atoms with Crippen molar-refractivity contribution in [3.05, 3.63) is 23.7 Å². The van der Waals surface area contributed by atoms with Crippen LogP contribution in [0.2, 0.25) is 0 Å². The van der Waals surface area contributed by atoms with Gasteiger partial charge in [-0.2, -0.15) is 0 Å². The lowest BCUT2D eigenvalue weighted by Gasteiger charge is -2.08. The lowest BCUT2D eigenvalue weighted by molar-refractivity contribution is -0.0948. The predicted molar refractivity (Wildman–Crippen MR) is 66.4 cm³/mol. The Morgan fingerprint density at radius 1 is 0.632 bits per heavy atom. The van der Waals surface area contributed by atoms with Crippen molar-refractivity contribution in [1.29, 1.82) is 0 Å². The second kappa shape index (κ2) is 4.90. The van der Waals surface area contributed by atoms with Crippen LogP contribution in [0.4, 0.5) is 0 Å². The summed E-state index contributed by atoms with van der Waals surface area (Å²) in [6, 6.07) is 3.70. The summed E-state index contributed by atoms with van der Waals surface area (Å²) in [7, 11) is 0. The molecular formula is C14H20O5. The molecular weight excluding hydrogens is 248 g/mol. The summed E-state index contributed by atoms with van der Waals surface area (Å²) in [5.41, 5.74) is 0. The van der Waals surface area contributed by atoms with Gasteiger partial charge in [-0.25, -0.2) is 0 Å². The Bertz CT molecular complexity index is 384. The van der Waals surface area contributed by atoms with Crippen molar-refractivity contribution in [2.75, 3.05) is 0 Å². The Labute approximate surface area is 112 Å². The minimum Gasteiger partial charge on any atom is -0.455 e. The van der Waals surface area contributed by atoms with Crippen LogP contribution in [0.25, 0.3) is 0 Å². The average Bonchev–Trinajstić information content (AvgIpc) is 3.03. The molecule has 3 rings (SSSR count). The first-order chi connectivity index (χ1) is 9.04. The molecule has 106 valence electrons. The number of furan rings is 1. The molecule has 0 aromatic carbocycles. The van der Waals surface area contributed by atoms with Gasteiger partial charge >= 0.3 is 0 Å². The summed E-state index contributed by atoms with van der Waals surface area (Å²) in [5.74, 6) is 1.32. The highest BCUT2D eigenvalue weighted by atomic mass is 16.7. The van der Waals surface area contributed by atoms with Gasteiger partial charge in [-0.05, 0) is 39.8 Å². The van der Waals surface area contributed by atoms with E-state index in [0.717, 1.165) is 0 Å². The summed E-state index contributed by atoms with van der Waals surface area (Å²) in [6.07, 6.45) is -0.602. The van der Waals surface area contributed by atoms with Crippen LogP contribution >= 0.6 is 0 Å². The van der Waals surface area contributed by atoms with E-state index in [-0.39, 0.29) is 24.4 Å². The Morgan fingerprint density at radius 3 is 1.26 bits per heavy atom. The van der Waals surface area contributed by atoms with Crippen molar-refractivity contribution < 1.29 is 23.4 Å². The Balaban J connectivity index is 1.70. The van der Waals surface area contributed by atoms with Crippen molar-refractivity contribution >= 4 is 0 Å². The summed E-state index contributed by atoms with van der Waals surface area (Å²) < 4.78 is 28.5. The van der Waals surface area contributed by atoms with Crippen LogP contribution in [0.3, 0.4) is 0 Å². The maximum atomic E-state index is 5.74. The van der Waals surface area contributed by atoms with Gasteiger partial charge in [-0.1, -0.05) is 0 Å². The van der Waals surface area contributed by atoms with Gasteiger partial charge in [0, 0.05) is 0 Å². The summed E-state index contributed by atoms with van der Waals surface area (Å²) in [4.78, 5) is 0. The van der Waals surface area contributed by atoms with Gasteiger partial charge in [0.25, 0.3) is 0 Å². The van der Waals surface area contributed by atoms with Crippen molar-refractivity contribution in [2.24, 2.45) is 0 Å². The third-order valence-corrected chi connectivity index (χ3v) is 3.79. The van der Waals surface area contributed by atoms with Gasteiger partial charge in [0.15, 0.2) is 11.5 Å². The van der Waals surface area contributed by atoms with E-state index < -0.39 is 12.6 Å². The first-order valence-electron chi connectivity index (χ1n) is 6.76. The molecule has 2 saturated heterocycles. The minimum atomic E-state index is -0.435. The first kappa shape index (κ1) is 13.1. The Morgan fingerprint density at radius 2 is 0.947 bits per heavy atom. The maximum absolute atomic E-state index is 5.74. The highest BCUT2D eigenvalue weighted by Crippen LogP contribution is 2.36. The molecule has 5 heteroatoms. The van der Waals surface area contributed by atoms with E-state index in [4.69, 9.17) is 23.4 Å². The number of hydrogen-bond acceptors (Lipinski definition) is 5. The second-order valence-corrected chi connectivity index (χ2v) is 5.27. The van der Waals surface area contributed by atoms with E-state index in [1.165, 1.54) is 0 Å². The van der Waals surface area contributed by atoms with Crippen LogP contribution < -0.4 is 0 Å². The molecule has 0 spiro atoms. The average molecular weight is 268 g/mol. The fraction of sp³-hybridized carbons (Fsp3) is 0.714. The van der Waals surface area contributed by atoms with Crippen LogP contribution in [-0.4, -0.2) is 24.4 Å². The van der Waals surface area contributed by atoms with Crippen LogP contribution in [0.1, 0.15) is 51.8 Å². The van der Waals surface area contributed by atoms with E-state index >= 15 is 0 Å².